The van der Waals surface area contributed by atoms with Gasteiger partial charge in [0.05, 0.1) is 18.8 Å². The number of nitrogens with zero attached hydrogens (tertiary/aromatic N) is 4. The van der Waals surface area contributed by atoms with Crippen LogP contribution in [0.25, 0.3) is 10.6 Å². The van der Waals surface area contributed by atoms with E-state index in [1.165, 1.54) is 29.8 Å². The Hall–Kier alpha value is -1.96. The number of thiazole rings is 1. The highest BCUT2D eigenvalue weighted by molar-refractivity contribution is 7.15. The quantitative estimate of drug-likeness (QED) is 0.639. The minimum Gasteiger partial charge on any atom is -0.494 e. The second-order valence-corrected chi connectivity index (χ2v) is 10.3. The van der Waals surface area contributed by atoms with Crippen molar-refractivity contribution in [1.82, 2.24) is 19.7 Å². The van der Waals surface area contributed by atoms with Gasteiger partial charge in [0.25, 0.3) is 0 Å². The molecular weight excluding hydrogens is 420 g/mol. The van der Waals surface area contributed by atoms with Gasteiger partial charge in [0.1, 0.15) is 10.8 Å². The number of aromatic nitrogens is 1. The van der Waals surface area contributed by atoms with Crippen molar-refractivity contribution < 1.29 is 9.53 Å². The summed E-state index contributed by atoms with van der Waals surface area (Å²) in [6.07, 6.45) is 6.00. The lowest BCUT2D eigenvalue weighted by molar-refractivity contribution is -0.135. The van der Waals surface area contributed by atoms with Crippen molar-refractivity contribution in [3.05, 3.63) is 34.8 Å². The van der Waals surface area contributed by atoms with E-state index in [0.29, 0.717) is 6.54 Å². The van der Waals surface area contributed by atoms with E-state index in [2.05, 4.69) is 33.8 Å². The number of piperazine rings is 1. The maximum Gasteiger partial charge on any atom is 0.236 e. The maximum atomic E-state index is 12.9. The van der Waals surface area contributed by atoms with Gasteiger partial charge in [-0.3, -0.25) is 14.6 Å². The lowest BCUT2D eigenvalue weighted by Gasteiger charge is -2.43. The first-order valence-electron chi connectivity index (χ1n) is 12.2. The van der Waals surface area contributed by atoms with E-state index in [0.717, 1.165) is 81.1 Å². The molecule has 0 radical (unpaired) electrons. The zero-order valence-electron chi connectivity index (χ0n) is 19.1. The van der Waals surface area contributed by atoms with Crippen LogP contribution in [-0.4, -0.2) is 77.5 Å². The number of rotatable bonds is 7. The van der Waals surface area contributed by atoms with E-state index < -0.39 is 0 Å². The highest BCUT2D eigenvalue weighted by atomic mass is 32.1. The molecule has 2 aliphatic heterocycles. The molecule has 3 heterocycles. The average molecular weight is 455 g/mol. The molecule has 1 aromatic heterocycles. The van der Waals surface area contributed by atoms with Crippen molar-refractivity contribution in [2.45, 2.75) is 51.6 Å². The molecule has 5 rings (SSSR count). The normalized spacial score (nSPS) is 20.1. The van der Waals surface area contributed by atoms with Crippen LogP contribution in [0.1, 0.15) is 43.2 Å². The van der Waals surface area contributed by atoms with Crippen LogP contribution in [0.3, 0.4) is 0 Å². The molecule has 2 aromatic rings. The Morgan fingerprint density at radius 3 is 2.59 bits per heavy atom. The molecule has 1 saturated carbocycles. The van der Waals surface area contributed by atoms with Crippen molar-refractivity contribution >= 4 is 17.2 Å². The van der Waals surface area contributed by atoms with Crippen LogP contribution in [0.2, 0.25) is 0 Å². The van der Waals surface area contributed by atoms with E-state index in [1.807, 2.05) is 12.1 Å². The molecule has 0 atom stereocenters. The Labute approximate surface area is 195 Å². The van der Waals surface area contributed by atoms with Crippen LogP contribution in [0.5, 0.6) is 5.75 Å². The fourth-order valence-corrected chi connectivity index (χ4v) is 5.96. The van der Waals surface area contributed by atoms with Gasteiger partial charge < -0.3 is 9.64 Å². The molecule has 0 bridgehead atoms. The number of carbonyl (C=O) groups excluding carboxylic acids is 1. The number of benzene rings is 1. The van der Waals surface area contributed by atoms with Crippen molar-refractivity contribution in [3.8, 4) is 16.3 Å². The number of carbonyl (C=O) groups is 1. The van der Waals surface area contributed by atoms with Gasteiger partial charge in [-0.15, -0.1) is 11.3 Å². The lowest BCUT2D eigenvalue weighted by atomic mass is 9.91. The van der Waals surface area contributed by atoms with Crippen LogP contribution in [0.4, 0.5) is 0 Å². The second kappa shape index (κ2) is 9.89. The second-order valence-electron chi connectivity index (χ2n) is 9.22. The molecular formula is C25H34N4O2S. The van der Waals surface area contributed by atoms with Crippen LogP contribution in [-0.2, 0) is 17.8 Å². The fraction of sp³-hybridized carbons (Fsp3) is 0.600. The van der Waals surface area contributed by atoms with Crippen LogP contribution < -0.4 is 4.74 Å². The third-order valence-electron chi connectivity index (χ3n) is 7.00. The van der Waals surface area contributed by atoms with Gasteiger partial charge in [-0.2, -0.15) is 0 Å². The first-order valence-corrected chi connectivity index (χ1v) is 13.0. The molecule has 172 valence electrons. The summed E-state index contributed by atoms with van der Waals surface area (Å²) in [6, 6.07) is 9.04. The smallest absolute Gasteiger partial charge is 0.236 e. The summed E-state index contributed by atoms with van der Waals surface area (Å²) in [6.45, 7) is 8.99. The van der Waals surface area contributed by atoms with Crippen LogP contribution in [0, 0.1) is 0 Å². The van der Waals surface area contributed by atoms with Gasteiger partial charge in [-0.1, -0.05) is 13.3 Å². The van der Waals surface area contributed by atoms with E-state index in [9.17, 15) is 4.79 Å². The predicted octanol–water partition coefficient (Wildman–Crippen LogP) is 3.65. The van der Waals surface area contributed by atoms with E-state index in [-0.39, 0.29) is 5.91 Å². The first kappa shape index (κ1) is 21.9. The molecule has 0 unspecified atom stereocenters. The fourth-order valence-electron chi connectivity index (χ4n) is 4.80. The first-order chi connectivity index (χ1) is 15.7. The van der Waals surface area contributed by atoms with Crippen molar-refractivity contribution in [2.24, 2.45) is 0 Å². The van der Waals surface area contributed by atoms with E-state index >= 15 is 0 Å². The Bertz CT molecular complexity index is 917. The molecule has 0 N–H and O–H groups in total. The summed E-state index contributed by atoms with van der Waals surface area (Å²) in [5.74, 6) is 1.20. The number of amides is 1. The lowest BCUT2D eigenvalue weighted by Crippen LogP contribution is -2.55. The minimum atomic E-state index is 0.286. The SMILES string of the molecule is CCCOc1ccc(-c2nc3c(s2)CN(CC(=O)N2CCN(C4CCC4)CC2)CC3)cc1. The van der Waals surface area contributed by atoms with Gasteiger partial charge >= 0.3 is 0 Å². The molecule has 1 saturated heterocycles. The van der Waals surface area contributed by atoms with Gasteiger partial charge in [-0.05, 0) is 43.5 Å². The maximum absolute atomic E-state index is 12.9. The van der Waals surface area contributed by atoms with Gasteiger partial charge in [0.2, 0.25) is 5.91 Å². The largest absolute Gasteiger partial charge is 0.494 e. The number of fused-ring (bicyclic) bond motifs is 1. The monoisotopic (exact) mass is 454 g/mol. The van der Waals surface area contributed by atoms with Crippen LogP contribution >= 0.6 is 11.3 Å². The third kappa shape index (κ3) is 4.85. The topological polar surface area (TPSA) is 48.9 Å². The Morgan fingerprint density at radius 1 is 1.12 bits per heavy atom. The van der Waals surface area contributed by atoms with Crippen LogP contribution in [0.15, 0.2) is 24.3 Å². The summed E-state index contributed by atoms with van der Waals surface area (Å²) in [5.41, 5.74) is 2.34. The molecule has 1 aromatic carbocycles. The highest BCUT2D eigenvalue weighted by Gasteiger charge is 2.30. The summed E-state index contributed by atoms with van der Waals surface area (Å²) < 4.78 is 5.69. The Balaban J connectivity index is 1.15. The summed E-state index contributed by atoms with van der Waals surface area (Å²) in [5, 5.41) is 1.07. The number of ether oxygens (including phenoxy) is 1. The van der Waals surface area contributed by atoms with E-state index in [4.69, 9.17) is 9.72 Å². The molecule has 2 fully saturated rings. The zero-order valence-corrected chi connectivity index (χ0v) is 19.9. The molecule has 6 nitrogen and oxygen atoms in total. The highest BCUT2D eigenvalue weighted by Crippen LogP contribution is 2.32. The predicted molar refractivity (Wildman–Crippen MR) is 128 cm³/mol. The average Bonchev–Trinajstić information content (AvgIpc) is 3.21. The number of hydrogen-bond acceptors (Lipinski definition) is 6. The Kier molecular flexibility index (Phi) is 6.76. The van der Waals surface area contributed by atoms with Crippen molar-refractivity contribution in [2.75, 3.05) is 45.9 Å². The molecule has 32 heavy (non-hydrogen) atoms. The standard InChI is InChI=1S/C25H34N4O2S/c1-2-16-31-21-8-6-19(7-9-21)25-26-22-10-11-27(17-23(22)32-25)18-24(30)29-14-12-28(13-15-29)20-4-3-5-20/h6-9,20H,2-5,10-18H2,1H3. The van der Waals surface area contributed by atoms with Crippen molar-refractivity contribution in [1.29, 1.82) is 0 Å². The summed E-state index contributed by atoms with van der Waals surface area (Å²) in [7, 11) is 0. The Morgan fingerprint density at radius 2 is 1.91 bits per heavy atom. The summed E-state index contributed by atoms with van der Waals surface area (Å²) in [4.78, 5) is 26.1. The molecule has 1 amide bonds. The summed E-state index contributed by atoms with van der Waals surface area (Å²) >= 11 is 1.77. The van der Waals surface area contributed by atoms with Gasteiger partial charge in [0, 0.05) is 62.2 Å². The molecule has 7 heteroatoms. The zero-order chi connectivity index (χ0) is 21.9. The van der Waals surface area contributed by atoms with Gasteiger partial charge in [0.15, 0.2) is 0 Å². The molecule has 0 spiro atoms. The minimum absolute atomic E-state index is 0.286. The molecule has 3 aliphatic rings. The van der Waals surface area contributed by atoms with Crippen molar-refractivity contribution in [3.63, 3.8) is 0 Å². The van der Waals surface area contributed by atoms with Gasteiger partial charge in [-0.25, -0.2) is 4.98 Å². The van der Waals surface area contributed by atoms with E-state index in [1.54, 1.807) is 11.3 Å². The molecule has 1 aliphatic carbocycles. The number of hydrogen-bond donors (Lipinski definition) is 0. The third-order valence-corrected chi connectivity index (χ3v) is 8.13.